The molecule has 2 rings (SSSR count). The van der Waals surface area contributed by atoms with Gasteiger partial charge in [0, 0.05) is 20.1 Å². The first-order chi connectivity index (χ1) is 9.67. The molecular formula is C13H21N3O4. The van der Waals surface area contributed by atoms with Crippen LogP contribution in [0.5, 0.6) is 0 Å². The number of hydrogen-bond donors (Lipinski definition) is 0. The van der Waals surface area contributed by atoms with E-state index in [9.17, 15) is 4.79 Å². The molecule has 1 aromatic rings. The van der Waals surface area contributed by atoms with Crippen LogP contribution in [0.3, 0.4) is 0 Å². The summed E-state index contributed by atoms with van der Waals surface area (Å²) in [6, 6.07) is 0. The monoisotopic (exact) mass is 283 g/mol. The Kier molecular flexibility index (Phi) is 5.08. The zero-order valence-corrected chi connectivity index (χ0v) is 12.2. The third-order valence-electron chi connectivity index (χ3n) is 3.53. The Morgan fingerprint density at radius 1 is 1.40 bits per heavy atom. The van der Waals surface area contributed by atoms with Crippen LogP contribution >= 0.6 is 0 Å². The Hall–Kier alpha value is -1.47. The molecule has 2 atom stereocenters. The molecule has 2 unspecified atom stereocenters. The molecule has 0 spiro atoms. The minimum Gasteiger partial charge on any atom is -0.469 e. The predicted octanol–water partition coefficient (Wildman–Crippen LogP) is 0.737. The number of carbonyl (C=O) groups is 1. The first-order valence-electron chi connectivity index (χ1n) is 6.77. The van der Waals surface area contributed by atoms with E-state index in [2.05, 4.69) is 10.2 Å². The van der Waals surface area contributed by atoms with Crippen molar-refractivity contribution in [3.63, 3.8) is 0 Å². The minimum atomic E-state index is -0.178. The molecular weight excluding hydrogens is 262 g/mol. The van der Waals surface area contributed by atoms with Gasteiger partial charge in [0.1, 0.15) is 11.9 Å². The maximum absolute atomic E-state index is 11.7. The molecule has 1 aliphatic rings. The fourth-order valence-corrected chi connectivity index (χ4v) is 2.39. The zero-order chi connectivity index (χ0) is 14.5. The van der Waals surface area contributed by atoms with E-state index in [0.717, 1.165) is 24.5 Å². The van der Waals surface area contributed by atoms with Crippen molar-refractivity contribution in [3.8, 4) is 0 Å². The summed E-state index contributed by atoms with van der Waals surface area (Å²) < 4.78 is 17.4. The summed E-state index contributed by atoms with van der Waals surface area (Å²) in [6.07, 6.45) is 1.31. The van der Waals surface area contributed by atoms with Gasteiger partial charge in [-0.25, -0.2) is 0 Å². The largest absolute Gasteiger partial charge is 0.469 e. The maximum atomic E-state index is 11.7. The molecule has 0 bridgehead atoms. The van der Waals surface area contributed by atoms with Crippen LogP contribution in [0.1, 0.15) is 31.1 Å². The van der Waals surface area contributed by atoms with Gasteiger partial charge in [-0.15, -0.1) is 10.2 Å². The highest BCUT2D eigenvalue weighted by Crippen LogP contribution is 2.24. The predicted molar refractivity (Wildman–Crippen MR) is 70.1 cm³/mol. The Bertz CT molecular complexity index is 460. The molecule has 0 radical (unpaired) electrons. The van der Waals surface area contributed by atoms with Gasteiger partial charge in [0.25, 0.3) is 0 Å². The van der Waals surface area contributed by atoms with Gasteiger partial charge in [0.05, 0.1) is 26.2 Å². The summed E-state index contributed by atoms with van der Waals surface area (Å²) in [4.78, 5) is 11.7. The van der Waals surface area contributed by atoms with Crippen molar-refractivity contribution in [3.05, 3.63) is 11.6 Å². The minimum absolute atomic E-state index is 0.131. The topological polar surface area (TPSA) is 75.5 Å². The molecule has 7 heteroatoms. The van der Waals surface area contributed by atoms with Gasteiger partial charge < -0.3 is 18.8 Å². The van der Waals surface area contributed by atoms with Crippen LogP contribution in [0.2, 0.25) is 0 Å². The highest BCUT2D eigenvalue weighted by Gasteiger charge is 2.29. The molecule has 112 valence electrons. The van der Waals surface area contributed by atoms with E-state index in [1.807, 2.05) is 11.5 Å². The van der Waals surface area contributed by atoms with Crippen LogP contribution in [0.25, 0.3) is 0 Å². The van der Waals surface area contributed by atoms with E-state index in [0.29, 0.717) is 19.8 Å². The lowest BCUT2D eigenvalue weighted by atomic mass is 9.99. The SMILES string of the molecule is COCCOC(C)c1nnc2n1CC(C(=O)OC)CC2. The molecule has 0 aliphatic carbocycles. The Balaban J connectivity index is 2.06. The van der Waals surface area contributed by atoms with E-state index in [1.54, 1.807) is 7.11 Å². The molecule has 0 fully saturated rings. The summed E-state index contributed by atoms with van der Waals surface area (Å²) in [5, 5.41) is 8.37. The van der Waals surface area contributed by atoms with Crippen molar-refractivity contribution in [2.75, 3.05) is 27.4 Å². The number of ether oxygens (including phenoxy) is 3. The Morgan fingerprint density at radius 2 is 2.20 bits per heavy atom. The third-order valence-corrected chi connectivity index (χ3v) is 3.53. The number of aryl methyl sites for hydroxylation is 1. The van der Waals surface area contributed by atoms with Gasteiger partial charge in [-0.05, 0) is 13.3 Å². The summed E-state index contributed by atoms with van der Waals surface area (Å²) in [5.74, 6) is 1.35. The second-order valence-corrected chi connectivity index (χ2v) is 4.85. The molecule has 0 saturated heterocycles. The summed E-state index contributed by atoms with van der Waals surface area (Å²) >= 11 is 0. The van der Waals surface area contributed by atoms with Gasteiger partial charge in [0.2, 0.25) is 0 Å². The van der Waals surface area contributed by atoms with E-state index in [-0.39, 0.29) is 18.0 Å². The molecule has 0 aromatic carbocycles. The smallest absolute Gasteiger partial charge is 0.310 e. The van der Waals surface area contributed by atoms with Crippen molar-refractivity contribution in [2.24, 2.45) is 5.92 Å². The van der Waals surface area contributed by atoms with Gasteiger partial charge in [-0.2, -0.15) is 0 Å². The lowest BCUT2D eigenvalue weighted by Gasteiger charge is -2.23. The number of methoxy groups -OCH3 is 2. The molecule has 7 nitrogen and oxygen atoms in total. The second-order valence-electron chi connectivity index (χ2n) is 4.85. The summed E-state index contributed by atoms with van der Waals surface area (Å²) in [7, 11) is 3.05. The van der Waals surface area contributed by atoms with Crippen LogP contribution in [0.4, 0.5) is 0 Å². The van der Waals surface area contributed by atoms with Gasteiger partial charge in [-0.1, -0.05) is 0 Å². The molecule has 2 heterocycles. The Morgan fingerprint density at radius 3 is 2.90 bits per heavy atom. The highest BCUT2D eigenvalue weighted by molar-refractivity contribution is 5.72. The highest BCUT2D eigenvalue weighted by atomic mass is 16.5. The van der Waals surface area contributed by atoms with Crippen molar-refractivity contribution < 1.29 is 19.0 Å². The van der Waals surface area contributed by atoms with E-state index < -0.39 is 0 Å². The fourth-order valence-electron chi connectivity index (χ4n) is 2.39. The van der Waals surface area contributed by atoms with Crippen LogP contribution in [0, 0.1) is 5.92 Å². The quantitative estimate of drug-likeness (QED) is 0.566. The van der Waals surface area contributed by atoms with Crippen molar-refractivity contribution >= 4 is 5.97 Å². The average Bonchev–Trinajstić information content (AvgIpc) is 2.89. The standard InChI is InChI=1S/C13H21N3O4/c1-9(20-7-6-18-2)12-15-14-11-5-4-10(8-16(11)12)13(17)19-3/h9-10H,4-8H2,1-3H3. The van der Waals surface area contributed by atoms with Gasteiger partial charge >= 0.3 is 5.97 Å². The third kappa shape index (κ3) is 3.16. The van der Waals surface area contributed by atoms with Crippen molar-refractivity contribution in [1.29, 1.82) is 0 Å². The number of esters is 1. The lowest BCUT2D eigenvalue weighted by Crippen LogP contribution is -2.29. The van der Waals surface area contributed by atoms with E-state index >= 15 is 0 Å². The maximum Gasteiger partial charge on any atom is 0.310 e. The zero-order valence-electron chi connectivity index (χ0n) is 12.2. The van der Waals surface area contributed by atoms with Gasteiger partial charge in [-0.3, -0.25) is 4.79 Å². The average molecular weight is 283 g/mol. The molecule has 1 aliphatic heterocycles. The first-order valence-corrected chi connectivity index (χ1v) is 6.77. The number of fused-ring (bicyclic) bond motifs is 1. The fraction of sp³-hybridized carbons (Fsp3) is 0.769. The van der Waals surface area contributed by atoms with E-state index in [4.69, 9.17) is 14.2 Å². The number of nitrogens with zero attached hydrogens (tertiary/aromatic N) is 3. The number of aromatic nitrogens is 3. The number of rotatable bonds is 6. The van der Waals surface area contributed by atoms with Gasteiger partial charge in [0.15, 0.2) is 5.82 Å². The van der Waals surface area contributed by atoms with Crippen molar-refractivity contribution in [2.45, 2.75) is 32.4 Å². The van der Waals surface area contributed by atoms with Crippen LogP contribution in [-0.4, -0.2) is 48.2 Å². The second kappa shape index (κ2) is 6.81. The van der Waals surface area contributed by atoms with Crippen LogP contribution in [-0.2, 0) is 32.0 Å². The summed E-state index contributed by atoms with van der Waals surface area (Å²) in [6.45, 7) is 3.52. The molecule has 0 N–H and O–H groups in total. The van der Waals surface area contributed by atoms with Crippen LogP contribution in [0.15, 0.2) is 0 Å². The van der Waals surface area contributed by atoms with Crippen molar-refractivity contribution in [1.82, 2.24) is 14.8 Å². The Labute approximate surface area is 118 Å². The molecule has 20 heavy (non-hydrogen) atoms. The molecule has 0 saturated carbocycles. The molecule has 1 aromatic heterocycles. The van der Waals surface area contributed by atoms with Crippen LogP contribution < -0.4 is 0 Å². The van der Waals surface area contributed by atoms with E-state index in [1.165, 1.54) is 7.11 Å². The molecule has 0 amide bonds. The first kappa shape index (κ1) is 14.9. The number of hydrogen-bond acceptors (Lipinski definition) is 6. The lowest BCUT2D eigenvalue weighted by molar-refractivity contribution is -0.146. The number of carbonyl (C=O) groups excluding carboxylic acids is 1. The summed E-state index contributed by atoms with van der Waals surface area (Å²) in [5.41, 5.74) is 0. The normalized spacial score (nSPS) is 19.4.